The summed E-state index contributed by atoms with van der Waals surface area (Å²) in [5, 5.41) is 0.485. The highest BCUT2D eigenvalue weighted by molar-refractivity contribution is 9.14. The molecular weight excluding hydrogens is 364 g/mol. The van der Waals surface area contributed by atoms with E-state index >= 15 is 0 Å². The Balaban J connectivity index is 1.93. The number of halogens is 1. The molecule has 0 spiro atoms. The summed E-state index contributed by atoms with van der Waals surface area (Å²) in [5.41, 5.74) is 9.00. The van der Waals surface area contributed by atoms with Gasteiger partial charge in [-0.3, -0.25) is 0 Å². The van der Waals surface area contributed by atoms with E-state index in [2.05, 4.69) is 73.6 Å². The van der Waals surface area contributed by atoms with Crippen molar-refractivity contribution in [2.45, 2.75) is 24.5 Å². The minimum Gasteiger partial charge on any atom is -0.193 e. The van der Waals surface area contributed by atoms with Crippen molar-refractivity contribution in [2.75, 3.05) is 25.0 Å². The Morgan fingerprint density at radius 2 is 1.72 bits per heavy atom. The van der Waals surface area contributed by atoms with Gasteiger partial charge in [0, 0.05) is 5.25 Å². The topological polar surface area (TPSA) is 0 Å². The molecule has 0 aromatic heterocycles. The Hall–Kier alpha value is -0.830. The van der Waals surface area contributed by atoms with Crippen LogP contribution in [0.15, 0.2) is 42.5 Å². The summed E-state index contributed by atoms with van der Waals surface area (Å²) in [7, 11) is 4.87. The standard InChI is InChI=1S/C22H27ClS2/c1-24(2,25(3,4)23)21-14-13-19-20(21)15-17-11-8-12-18(17)22(19)16-9-6-5-7-10-16/h5-7,9-10,13-15,21H,8,11-12H2,1-4H3. The van der Waals surface area contributed by atoms with Gasteiger partial charge in [0.1, 0.15) is 0 Å². The van der Waals surface area contributed by atoms with Crippen molar-refractivity contribution in [1.82, 2.24) is 0 Å². The van der Waals surface area contributed by atoms with Crippen LogP contribution in [-0.2, 0) is 12.8 Å². The van der Waals surface area contributed by atoms with Gasteiger partial charge in [0.15, 0.2) is 0 Å². The van der Waals surface area contributed by atoms with Gasteiger partial charge in [0.05, 0.1) is 0 Å². The predicted molar refractivity (Wildman–Crippen MR) is 120 cm³/mol. The molecule has 2 aliphatic carbocycles. The second-order valence-electron chi connectivity index (χ2n) is 7.81. The highest BCUT2D eigenvalue weighted by Gasteiger charge is 2.38. The molecule has 0 bridgehead atoms. The Labute approximate surface area is 159 Å². The molecule has 2 aromatic rings. The molecule has 0 N–H and O–H groups in total. The van der Waals surface area contributed by atoms with E-state index in [1.54, 1.807) is 11.1 Å². The SMILES string of the molecule is CS(C)(Cl)S(C)(C)C1C=Cc2c1cc1c(c2-c2ccccc2)CCC1. The molecule has 1 atom stereocenters. The normalized spacial score (nSPS) is 20.4. The molecule has 0 aliphatic heterocycles. The lowest BCUT2D eigenvalue weighted by Gasteiger charge is -2.50. The van der Waals surface area contributed by atoms with Crippen LogP contribution in [0.3, 0.4) is 0 Å². The molecule has 0 fully saturated rings. The number of hydrogen-bond donors (Lipinski definition) is 0. The maximum absolute atomic E-state index is 6.93. The van der Waals surface area contributed by atoms with E-state index in [9.17, 15) is 0 Å². The van der Waals surface area contributed by atoms with Gasteiger partial charge in [-0.25, -0.2) is 0 Å². The number of benzene rings is 2. The van der Waals surface area contributed by atoms with Crippen LogP contribution >= 0.6 is 28.0 Å². The van der Waals surface area contributed by atoms with Gasteiger partial charge >= 0.3 is 0 Å². The highest BCUT2D eigenvalue weighted by atomic mass is 35.8. The van der Waals surface area contributed by atoms with Gasteiger partial charge in [-0.15, -0.1) is 8.27 Å². The van der Waals surface area contributed by atoms with E-state index in [1.165, 1.54) is 41.5 Å². The van der Waals surface area contributed by atoms with Gasteiger partial charge < -0.3 is 0 Å². The number of aryl methyl sites for hydroxylation is 1. The zero-order valence-electron chi connectivity index (χ0n) is 15.5. The largest absolute Gasteiger partial charge is 0.193 e. The van der Waals surface area contributed by atoms with E-state index in [0.29, 0.717) is 5.25 Å². The van der Waals surface area contributed by atoms with Crippen LogP contribution in [0.4, 0.5) is 0 Å². The molecule has 1 unspecified atom stereocenters. The second-order valence-corrected chi connectivity index (χ2v) is 21.1. The van der Waals surface area contributed by atoms with E-state index in [-0.39, 0.29) is 0 Å². The lowest BCUT2D eigenvalue weighted by Crippen LogP contribution is -2.10. The summed E-state index contributed by atoms with van der Waals surface area (Å²) in [6.45, 7) is 0. The third-order valence-corrected chi connectivity index (χ3v) is 19.3. The molecule has 2 aliphatic rings. The first-order valence-electron chi connectivity index (χ1n) is 8.88. The van der Waals surface area contributed by atoms with Gasteiger partial charge in [-0.2, -0.15) is 9.06 Å². The summed E-state index contributed by atoms with van der Waals surface area (Å²) >= 11 is 0. The van der Waals surface area contributed by atoms with E-state index < -0.39 is 17.3 Å². The van der Waals surface area contributed by atoms with Crippen LogP contribution in [0.5, 0.6) is 0 Å². The van der Waals surface area contributed by atoms with Crippen molar-refractivity contribution in [3.8, 4) is 11.1 Å². The van der Waals surface area contributed by atoms with Crippen LogP contribution in [-0.4, -0.2) is 25.0 Å². The van der Waals surface area contributed by atoms with Crippen molar-refractivity contribution in [2.24, 2.45) is 0 Å². The fourth-order valence-electron chi connectivity index (χ4n) is 4.16. The van der Waals surface area contributed by atoms with Crippen LogP contribution < -0.4 is 0 Å². The quantitative estimate of drug-likeness (QED) is 0.490. The molecule has 3 heteroatoms. The molecule has 0 heterocycles. The molecule has 2 aromatic carbocycles. The maximum Gasteiger partial charge on any atom is 0.0403 e. The van der Waals surface area contributed by atoms with Crippen LogP contribution in [0.2, 0.25) is 0 Å². The lowest BCUT2D eigenvalue weighted by molar-refractivity contribution is 0.912. The molecule has 134 valence electrons. The molecular formula is C22H27ClS2. The first kappa shape index (κ1) is 17.6. The summed E-state index contributed by atoms with van der Waals surface area (Å²) in [6, 6.07) is 13.5. The van der Waals surface area contributed by atoms with Crippen LogP contribution in [0, 0.1) is 0 Å². The van der Waals surface area contributed by atoms with Crippen molar-refractivity contribution in [3.63, 3.8) is 0 Å². The molecule has 4 rings (SSSR count). The smallest absolute Gasteiger partial charge is 0.0403 e. The second kappa shape index (κ2) is 6.11. The van der Waals surface area contributed by atoms with Gasteiger partial charge in [0.2, 0.25) is 0 Å². The average molecular weight is 391 g/mol. The molecule has 0 saturated carbocycles. The fraction of sp³-hybridized carbons (Fsp3) is 0.364. The molecule has 0 amide bonds. The summed E-state index contributed by atoms with van der Waals surface area (Å²) in [4.78, 5) is 0. The molecule has 0 saturated heterocycles. The summed E-state index contributed by atoms with van der Waals surface area (Å²) in [6.07, 6.45) is 17.9. The number of fused-ring (bicyclic) bond motifs is 2. The highest BCUT2D eigenvalue weighted by Crippen LogP contribution is 2.83. The Kier molecular flexibility index (Phi) is 4.30. The van der Waals surface area contributed by atoms with Crippen molar-refractivity contribution < 1.29 is 0 Å². The maximum atomic E-state index is 6.93. The van der Waals surface area contributed by atoms with E-state index in [4.69, 9.17) is 10.7 Å². The minimum atomic E-state index is -1.12. The van der Waals surface area contributed by atoms with Crippen LogP contribution in [0.1, 0.15) is 33.9 Å². The zero-order valence-corrected chi connectivity index (χ0v) is 17.9. The summed E-state index contributed by atoms with van der Waals surface area (Å²) < 4.78 is 0. The number of rotatable bonds is 3. The average Bonchev–Trinajstić information content (AvgIpc) is 3.18. The fourth-order valence-corrected chi connectivity index (χ4v) is 8.61. The lowest BCUT2D eigenvalue weighted by atomic mass is 9.89. The monoisotopic (exact) mass is 390 g/mol. The first-order valence-corrected chi connectivity index (χ1v) is 15.2. The Morgan fingerprint density at radius 1 is 1.00 bits per heavy atom. The van der Waals surface area contributed by atoms with Crippen molar-refractivity contribution >= 4 is 34.1 Å². The van der Waals surface area contributed by atoms with Gasteiger partial charge in [-0.1, -0.05) is 59.2 Å². The van der Waals surface area contributed by atoms with E-state index in [1.807, 2.05) is 0 Å². The third kappa shape index (κ3) is 2.78. The molecule has 0 nitrogen and oxygen atoms in total. The molecule has 25 heavy (non-hydrogen) atoms. The van der Waals surface area contributed by atoms with Gasteiger partial charge in [-0.05, 0) is 77.7 Å². The molecule has 0 radical (unpaired) electrons. The third-order valence-electron chi connectivity index (χ3n) is 5.91. The van der Waals surface area contributed by atoms with Gasteiger partial charge in [0.25, 0.3) is 0 Å². The Bertz CT molecular complexity index is 845. The van der Waals surface area contributed by atoms with Crippen LogP contribution in [0.25, 0.3) is 17.2 Å². The van der Waals surface area contributed by atoms with Crippen molar-refractivity contribution in [1.29, 1.82) is 0 Å². The number of hydrogen-bond acceptors (Lipinski definition) is 0. The Morgan fingerprint density at radius 3 is 2.40 bits per heavy atom. The predicted octanol–water partition coefficient (Wildman–Crippen LogP) is 7.11. The van der Waals surface area contributed by atoms with Crippen molar-refractivity contribution in [3.05, 3.63) is 64.7 Å². The minimum absolute atomic E-state index is 0.485. The first-order chi connectivity index (χ1) is 11.8. The summed E-state index contributed by atoms with van der Waals surface area (Å²) in [5.74, 6) is 0. The van der Waals surface area contributed by atoms with E-state index in [0.717, 1.165) is 0 Å². The zero-order chi connectivity index (χ0) is 17.8.